The Bertz CT molecular complexity index is 395. The fraction of sp³-hybridized carbons (Fsp3) is 1.00. The van der Waals surface area contributed by atoms with Crippen LogP contribution in [-0.4, -0.2) is 32.5 Å². The molecule has 0 radical (unpaired) electrons. The Balaban J connectivity index is 2.11. The maximum absolute atomic E-state index is 12.8. The number of unbranched alkanes of at least 4 members (excludes halogenated alkanes) is 8. The molecule has 1 fully saturated rings. The molecule has 0 aromatic heterocycles. The van der Waals surface area contributed by atoms with Gasteiger partial charge in [-0.05, 0) is 24.7 Å². The summed E-state index contributed by atoms with van der Waals surface area (Å²) in [6.45, 7) is 10.9. The molecule has 0 aromatic rings. The Hall–Kier alpha value is 0.0700. The van der Waals surface area contributed by atoms with Crippen molar-refractivity contribution in [2.24, 2.45) is 11.8 Å². The lowest BCUT2D eigenvalue weighted by Gasteiger charge is -2.17. The highest BCUT2D eigenvalue weighted by atomic mass is 31.2. The van der Waals surface area contributed by atoms with Crippen molar-refractivity contribution in [1.82, 2.24) is 0 Å². The third-order valence-electron chi connectivity index (χ3n) is 5.17. The van der Waals surface area contributed by atoms with E-state index in [1.165, 1.54) is 51.4 Å². The Morgan fingerprint density at radius 3 is 1.55 bits per heavy atom. The van der Waals surface area contributed by atoms with Crippen LogP contribution in [0.15, 0.2) is 0 Å². The predicted octanol–water partition coefficient (Wildman–Crippen LogP) is 7.54. The molecular weight excluding hydrogens is 387 g/mol. The Labute approximate surface area is 180 Å². The van der Waals surface area contributed by atoms with E-state index in [-0.39, 0.29) is 6.10 Å². The van der Waals surface area contributed by atoms with Gasteiger partial charge in [0.1, 0.15) is 6.10 Å². The lowest BCUT2D eigenvalue weighted by Crippen LogP contribution is -2.07. The monoisotopic (exact) mass is 434 g/mol. The van der Waals surface area contributed by atoms with Crippen LogP contribution >= 0.6 is 7.82 Å². The van der Waals surface area contributed by atoms with Gasteiger partial charge in [-0.1, -0.05) is 91.9 Å². The summed E-state index contributed by atoms with van der Waals surface area (Å²) in [5.74, 6) is 1.57. The standard InChI is InChI=1S/C23H47O5P/c1-21(2)15-11-7-5-9-13-17-26-29(24,28-20-23-19-25-23)27-18-14-10-6-8-12-16-22(3)4/h21-23H,5-20H2,1-4H3. The van der Waals surface area contributed by atoms with Crippen LogP contribution in [0.1, 0.15) is 105 Å². The normalized spacial score (nSPS) is 16.8. The highest BCUT2D eigenvalue weighted by Gasteiger charge is 2.32. The van der Waals surface area contributed by atoms with Gasteiger partial charge in [-0.15, -0.1) is 0 Å². The van der Waals surface area contributed by atoms with E-state index in [0.717, 1.165) is 37.5 Å². The number of hydrogen-bond acceptors (Lipinski definition) is 5. The molecule has 1 unspecified atom stereocenters. The number of ether oxygens (including phenoxy) is 1. The third-order valence-corrected chi connectivity index (χ3v) is 6.63. The van der Waals surface area contributed by atoms with Gasteiger partial charge in [0.15, 0.2) is 0 Å². The molecule has 1 saturated heterocycles. The molecule has 1 aliphatic heterocycles. The third kappa shape index (κ3) is 17.4. The van der Waals surface area contributed by atoms with E-state index in [1.807, 2.05) is 0 Å². The van der Waals surface area contributed by atoms with Crippen molar-refractivity contribution in [1.29, 1.82) is 0 Å². The first-order chi connectivity index (χ1) is 13.9. The number of epoxide rings is 1. The van der Waals surface area contributed by atoms with Crippen LogP contribution in [0.4, 0.5) is 0 Å². The van der Waals surface area contributed by atoms with E-state index < -0.39 is 7.82 Å². The van der Waals surface area contributed by atoms with Crippen LogP contribution in [0.5, 0.6) is 0 Å². The molecule has 0 bridgehead atoms. The van der Waals surface area contributed by atoms with Gasteiger partial charge in [0.2, 0.25) is 0 Å². The molecule has 174 valence electrons. The van der Waals surface area contributed by atoms with Gasteiger partial charge in [0.05, 0.1) is 26.4 Å². The van der Waals surface area contributed by atoms with Crippen LogP contribution in [0.2, 0.25) is 0 Å². The van der Waals surface area contributed by atoms with E-state index in [2.05, 4.69) is 27.7 Å². The molecule has 0 spiro atoms. The van der Waals surface area contributed by atoms with E-state index >= 15 is 0 Å². The predicted molar refractivity (Wildman–Crippen MR) is 120 cm³/mol. The van der Waals surface area contributed by atoms with E-state index in [4.69, 9.17) is 18.3 Å². The van der Waals surface area contributed by atoms with Crippen LogP contribution in [-0.2, 0) is 22.9 Å². The summed E-state index contributed by atoms with van der Waals surface area (Å²) in [5.41, 5.74) is 0. The smallest absolute Gasteiger partial charge is 0.371 e. The van der Waals surface area contributed by atoms with Crippen LogP contribution in [0.25, 0.3) is 0 Å². The maximum atomic E-state index is 12.8. The quantitative estimate of drug-likeness (QED) is 0.106. The van der Waals surface area contributed by atoms with Crippen molar-refractivity contribution in [2.75, 3.05) is 26.4 Å². The van der Waals surface area contributed by atoms with Crippen molar-refractivity contribution in [3.8, 4) is 0 Å². The average Bonchev–Trinajstić information content (AvgIpc) is 3.49. The zero-order valence-corrected chi connectivity index (χ0v) is 20.4. The molecule has 1 atom stereocenters. The second-order valence-electron chi connectivity index (χ2n) is 9.27. The lowest BCUT2D eigenvalue weighted by atomic mass is 10.0. The molecule has 1 heterocycles. The van der Waals surface area contributed by atoms with Crippen molar-refractivity contribution in [2.45, 2.75) is 111 Å². The molecule has 1 aliphatic rings. The summed E-state index contributed by atoms with van der Waals surface area (Å²) in [6.07, 6.45) is 14.2. The van der Waals surface area contributed by atoms with Gasteiger partial charge >= 0.3 is 7.82 Å². The molecule has 1 rings (SSSR count). The van der Waals surface area contributed by atoms with E-state index in [1.54, 1.807) is 0 Å². The molecular formula is C23H47O5P. The van der Waals surface area contributed by atoms with Crippen LogP contribution < -0.4 is 0 Å². The summed E-state index contributed by atoms with van der Waals surface area (Å²) in [6, 6.07) is 0. The number of hydrogen-bond donors (Lipinski definition) is 0. The minimum Gasteiger partial charge on any atom is -0.371 e. The van der Waals surface area contributed by atoms with Crippen molar-refractivity contribution in [3.05, 3.63) is 0 Å². The fourth-order valence-electron chi connectivity index (χ4n) is 3.17. The highest BCUT2D eigenvalue weighted by Crippen LogP contribution is 2.50. The molecule has 5 nitrogen and oxygen atoms in total. The Kier molecular flexibility index (Phi) is 15.6. The minimum absolute atomic E-state index is 0.0532. The first kappa shape index (κ1) is 27.1. The van der Waals surface area contributed by atoms with E-state index in [9.17, 15) is 4.57 Å². The van der Waals surface area contributed by atoms with Crippen molar-refractivity contribution >= 4 is 7.82 Å². The molecule has 0 aliphatic carbocycles. The number of phosphoric ester groups is 1. The summed E-state index contributed by atoms with van der Waals surface area (Å²) in [5, 5.41) is 0. The zero-order valence-electron chi connectivity index (χ0n) is 19.5. The molecule has 0 amide bonds. The Morgan fingerprint density at radius 1 is 0.724 bits per heavy atom. The van der Waals surface area contributed by atoms with Gasteiger partial charge in [-0.25, -0.2) is 4.57 Å². The molecule has 6 heteroatoms. The summed E-state index contributed by atoms with van der Waals surface area (Å²) >= 11 is 0. The topological polar surface area (TPSA) is 57.3 Å². The zero-order chi connectivity index (χ0) is 21.4. The molecule has 0 N–H and O–H groups in total. The maximum Gasteiger partial charge on any atom is 0.474 e. The second kappa shape index (κ2) is 16.7. The summed E-state index contributed by atoms with van der Waals surface area (Å²) in [7, 11) is -3.46. The summed E-state index contributed by atoms with van der Waals surface area (Å²) in [4.78, 5) is 0. The second-order valence-corrected chi connectivity index (χ2v) is 10.9. The molecule has 0 saturated carbocycles. The highest BCUT2D eigenvalue weighted by molar-refractivity contribution is 7.48. The fourth-order valence-corrected chi connectivity index (χ4v) is 4.45. The number of rotatable bonds is 21. The van der Waals surface area contributed by atoms with Gasteiger partial charge < -0.3 is 4.74 Å². The van der Waals surface area contributed by atoms with Gasteiger partial charge in [0, 0.05) is 0 Å². The first-order valence-corrected chi connectivity index (χ1v) is 13.5. The van der Waals surface area contributed by atoms with Crippen molar-refractivity contribution < 1.29 is 22.9 Å². The minimum atomic E-state index is -3.46. The SMILES string of the molecule is CC(C)CCCCCCCOP(=O)(OCCCCCCCC(C)C)OCC1CO1. The van der Waals surface area contributed by atoms with Gasteiger partial charge in [0.25, 0.3) is 0 Å². The van der Waals surface area contributed by atoms with Crippen molar-refractivity contribution in [3.63, 3.8) is 0 Å². The van der Waals surface area contributed by atoms with Gasteiger partial charge in [-0.2, -0.15) is 0 Å². The average molecular weight is 435 g/mol. The lowest BCUT2D eigenvalue weighted by molar-refractivity contribution is 0.104. The number of phosphoric acid groups is 1. The van der Waals surface area contributed by atoms with Crippen LogP contribution in [0.3, 0.4) is 0 Å². The van der Waals surface area contributed by atoms with Crippen LogP contribution in [0, 0.1) is 11.8 Å². The van der Waals surface area contributed by atoms with Gasteiger partial charge in [-0.3, -0.25) is 13.6 Å². The van der Waals surface area contributed by atoms with E-state index in [0.29, 0.717) is 26.4 Å². The Morgan fingerprint density at radius 2 is 1.14 bits per heavy atom. The summed E-state index contributed by atoms with van der Waals surface area (Å²) < 4.78 is 34.6. The largest absolute Gasteiger partial charge is 0.474 e. The first-order valence-electron chi connectivity index (χ1n) is 12.1. The molecule has 29 heavy (non-hydrogen) atoms. The molecule has 0 aromatic carbocycles.